The van der Waals surface area contributed by atoms with Crippen molar-refractivity contribution in [3.8, 4) is 0 Å². The van der Waals surface area contributed by atoms with Gasteiger partial charge in [0.05, 0.1) is 0 Å². The largest absolute Gasteiger partial charge is 0.368 e. The maximum Gasteiger partial charge on any atom is 0.274 e. The Hall–Kier alpha value is -4.20. The normalized spacial score (nSPS) is 15.4. The predicted octanol–water partition coefficient (Wildman–Crippen LogP) is 4.75. The number of aromatic nitrogens is 2. The van der Waals surface area contributed by atoms with Gasteiger partial charge in [-0.2, -0.15) is 0 Å². The highest BCUT2D eigenvalue weighted by molar-refractivity contribution is 6.15. The summed E-state index contributed by atoms with van der Waals surface area (Å²) in [5.74, 6) is 0.732. The van der Waals surface area contributed by atoms with Crippen molar-refractivity contribution in [3.63, 3.8) is 0 Å². The van der Waals surface area contributed by atoms with Crippen LogP contribution in [0.1, 0.15) is 39.5 Å². The Balaban J connectivity index is 1.29. The van der Waals surface area contributed by atoms with Gasteiger partial charge in [-0.05, 0) is 53.9 Å². The molecule has 1 aromatic heterocycles. The maximum absolute atomic E-state index is 14.0. The number of hydrogen-bond donors (Lipinski definition) is 0. The molecule has 0 saturated carbocycles. The minimum atomic E-state index is -0.261. The zero-order valence-electron chi connectivity index (χ0n) is 21.4. The van der Waals surface area contributed by atoms with Crippen LogP contribution in [0.4, 0.5) is 15.9 Å². The van der Waals surface area contributed by atoms with Gasteiger partial charge < -0.3 is 14.4 Å². The molecule has 3 heterocycles. The molecule has 0 spiro atoms. The van der Waals surface area contributed by atoms with Gasteiger partial charge in [0.15, 0.2) is 11.5 Å². The van der Waals surface area contributed by atoms with Crippen molar-refractivity contribution < 1.29 is 14.0 Å². The van der Waals surface area contributed by atoms with Gasteiger partial charge in [-0.25, -0.2) is 9.37 Å². The number of carbonyl (C=O) groups excluding carboxylic acids is 2. The minimum Gasteiger partial charge on any atom is -0.368 e. The van der Waals surface area contributed by atoms with E-state index in [9.17, 15) is 14.0 Å². The molecule has 38 heavy (non-hydrogen) atoms. The molecule has 7 nitrogen and oxygen atoms in total. The second-order valence-corrected chi connectivity index (χ2v) is 9.96. The van der Waals surface area contributed by atoms with Crippen molar-refractivity contribution in [2.45, 2.75) is 25.8 Å². The second kappa shape index (κ2) is 9.93. The zero-order valence-corrected chi connectivity index (χ0v) is 21.4. The Bertz CT molecular complexity index is 1500. The smallest absolute Gasteiger partial charge is 0.274 e. The summed E-state index contributed by atoms with van der Waals surface area (Å²) in [6.45, 7) is 3.10. The number of halogens is 1. The third-order valence-electron chi connectivity index (χ3n) is 7.66. The molecule has 6 rings (SSSR count). The third kappa shape index (κ3) is 4.30. The average molecular weight is 512 g/mol. The lowest BCUT2D eigenvalue weighted by molar-refractivity contribution is 0.0735. The molecular weight excluding hydrogens is 481 g/mol. The van der Waals surface area contributed by atoms with Gasteiger partial charge in [-0.15, -0.1) is 0 Å². The van der Waals surface area contributed by atoms with Crippen molar-refractivity contribution in [1.29, 1.82) is 0 Å². The highest BCUT2D eigenvalue weighted by Crippen LogP contribution is 2.30. The molecule has 1 saturated heterocycles. The molecular formula is C30H30FN5O2. The van der Waals surface area contributed by atoms with Gasteiger partial charge in [-0.1, -0.05) is 36.4 Å². The van der Waals surface area contributed by atoms with Crippen molar-refractivity contribution in [2.75, 3.05) is 43.0 Å². The monoisotopic (exact) mass is 511 g/mol. The summed E-state index contributed by atoms with van der Waals surface area (Å²) in [4.78, 5) is 38.1. The number of amides is 2. The number of carbonyl (C=O) groups is 2. The van der Waals surface area contributed by atoms with Crippen LogP contribution in [0.2, 0.25) is 0 Å². The van der Waals surface area contributed by atoms with Gasteiger partial charge >= 0.3 is 0 Å². The number of fused-ring (bicyclic) bond motifs is 2. The molecule has 0 aliphatic carbocycles. The van der Waals surface area contributed by atoms with Crippen LogP contribution in [0.25, 0.3) is 10.8 Å². The van der Waals surface area contributed by atoms with Gasteiger partial charge in [0.2, 0.25) is 0 Å². The lowest BCUT2D eigenvalue weighted by Gasteiger charge is -2.36. The maximum atomic E-state index is 14.0. The van der Waals surface area contributed by atoms with E-state index in [4.69, 9.17) is 4.98 Å². The summed E-state index contributed by atoms with van der Waals surface area (Å²) in [7, 11) is 1.71. The average Bonchev–Trinajstić information content (AvgIpc) is 3.36. The van der Waals surface area contributed by atoms with E-state index in [-0.39, 0.29) is 17.6 Å². The molecule has 8 heteroatoms. The molecule has 2 amide bonds. The van der Waals surface area contributed by atoms with Gasteiger partial charge in [0.1, 0.15) is 11.6 Å². The number of hydrogen-bond acceptors (Lipinski definition) is 4. The van der Waals surface area contributed by atoms with Crippen LogP contribution < -0.4 is 9.80 Å². The highest BCUT2D eigenvalue weighted by atomic mass is 19.1. The Kier molecular flexibility index (Phi) is 6.31. The van der Waals surface area contributed by atoms with E-state index in [0.717, 1.165) is 48.1 Å². The van der Waals surface area contributed by atoms with Crippen molar-refractivity contribution in [3.05, 3.63) is 89.6 Å². The first-order valence-corrected chi connectivity index (χ1v) is 13.2. The number of rotatable bonds is 4. The Labute approximate surface area is 221 Å². The van der Waals surface area contributed by atoms with Crippen LogP contribution in [0, 0.1) is 5.82 Å². The summed E-state index contributed by atoms with van der Waals surface area (Å²) < 4.78 is 15.4. The standard InChI is InChI=1S/C30H30FN5O2/c1-33(29(37)25-10-6-8-21-7-2-3-9-24(21)25)28-27(36-16-5-4-11-26(36)32-28)30(38)35-19-17-34(18-20-35)23-14-12-22(31)13-15-23/h2-3,6-10,12-15H,4-5,11,16-20H2,1H3. The quantitative estimate of drug-likeness (QED) is 0.397. The molecule has 194 valence electrons. The second-order valence-electron chi connectivity index (χ2n) is 9.96. The molecule has 1 fully saturated rings. The number of anilines is 2. The highest BCUT2D eigenvalue weighted by Gasteiger charge is 2.33. The molecule has 3 aromatic carbocycles. The first kappa shape index (κ1) is 24.2. The Morgan fingerprint density at radius 1 is 0.868 bits per heavy atom. The van der Waals surface area contributed by atoms with E-state index in [1.165, 1.54) is 17.0 Å². The number of nitrogens with zero attached hydrogens (tertiary/aromatic N) is 5. The molecule has 0 unspecified atom stereocenters. The summed E-state index contributed by atoms with van der Waals surface area (Å²) in [5.41, 5.74) is 2.02. The van der Waals surface area contributed by atoms with E-state index in [1.54, 1.807) is 19.2 Å². The fourth-order valence-electron chi connectivity index (χ4n) is 5.57. The summed E-state index contributed by atoms with van der Waals surface area (Å²) in [5, 5.41) is 1.87. The van der Waals surface area contributed by atoms with Crippen LogP contribution in [0.3, 0.4) is 0 Å². The van der Waals surface area contributed by atoms with E-state index in [0.29, 0.717) is 43.3 Å². The third-order valence-corrected chi connectivity index (χ3v) is 7.66. The van der Waals surface area contributed by atoms with E-state index in [1.807, 2.05) is 51.9 Å². The predicted molar refractivity (Wildman–Crippen MR) is 146 cm³/mol. The van der Waals surface area contributed by atoms with Crippen LogP contribution in [-0.4, -0.2) is 59.5 Å². The molecule has 2 aliphatic heterocycles. The van der Waals surface area contributed by atoms with Gasteiger partial charge in [0.25, 0.3) is 11.8 Å². The van der Waals surface area contributed by atoms with Crippen molar-refractivity contribution in [1.82, 2.24) is 14.5 Å². The summed E-state index contributed by atoms with van der Waals surface area (Å²) in [6, 6.07) is 20.0. The molecule has 4 aromatic rings. The fourth-order valence-corrected chi connectivity index (χ4v) is 5.57. The van der Waals surface area contributed by atoms with E-state index >= 15 is 0 Å². The van der Waals surface area contributed by atoms with E-state index in [2.05, 4.69) is 4.90 Å². The first-order chi connectivity index (χ1) is 18.5. The number of benzene rings is 3. The summed E-state index contributed by atoms with van der Waals surface area (Å²) >= 11 is 0. The minimum absolute atomic E-state index is 0.100. The Morgan fingerprint density at radius 2 is 1.61 bits per heavy atom. The lowest BCUT2D eigenvalue weighted by Crippen LogP contribution is -2.49. The molecule has 0 bridgehead atoms. The first-order valence-electron chi connectivity index (χ1n) is 13.2. The van der Waals surface area contributed by atoms with Crippen molar-refractivity contribution in [2.24, 2.45) is 0 Å². The SMILES string of the molecule is CN(C(=O)c1cccc2ccccc12)c1nc2n(c1C(=O)N1CCN(c3ccc(F)cc3)CC1)CCCC2. The molecule has 0 N–H and O–H groups in total. The summed E-state index contributed by atoms with van der Waals surface area (Å²) in [6.07, 6.45) is 2.78. The van der Waals surface area contributed by atoms with Crippen LogP contribution in [0.15, 0.2) is 66.7 Å². The topological polar surface area (TPSA) is 61.7 Å². The number of aryl methyl sites for hydroxylation is 1. The fraction of sp³-hybridized carbons (Fsp3) is 0.300. The lowest BCUT2D eigenvalue weighted by atomic mass is 10.0. The molecule has 2 aliphatic rings. The molecule has 0 radical (unpaired) electrons. The van der Waals surface area contributed by atoms with Crippen molar-refractivity contribution >= 4 is 34.1 Å². The van der Waals surface area contributed by atoms with Crippen LogP contribution >= 0.6 is 0 Å². The number of imidazole rings is 1. The van der Waals surface area contributed by atoms with Crippen LogP contribution in [0.5, 0.6) is 0 Å². The number of piperazine rings is 1. The zero-order chi connectivity index (χ0) is 26.2. The van der Waals surface area contributed by atoms with Gasteiger partial charge in [0, 0.05) is 57.4 Å². The Morgan fingerprint density at radius 3 is 2.39 bits per heavy atom. The van der Waals surface area contributed by atoms with E-state index < -0.39 is 0 Å². The van der Waals surface area contributed by atoms with Crippen LogP contribution in [-0.2, 0) is 13.0 Å². The van der Waals surface area contributed by atoms with Gasteiger partial charge in [-0.3, -0.25) is 14.5 Å². The molecule has 0 atom stereocenters.